The number of alkyl halides is 3. The van der Waals surface area contributed by atoms with E-state index in [9.17, 15) is 23.2 Å². The van der Waals surface area contributed by atoms with E-state index in [4.69, 9.17) is 11.6 Å². The predicted molar refractivity (Wildman–Crippen MR) is 126 cm³/mol. The first-order valence-electron chi connectivity index (χ1n) is 9.99. The topological polar surface area (TPSA) is 107 Å². The molecule has 2 aromatic carbocycles. The largest absolute Gasteiger partial charge is 0.416 e. The second-order valence-corrected chi connectivity index (χ2v) is 7.56. The Balaban J connectivity index is 1.54. The van der Waals surface area contributed by atoms with Crippen LogP contribution in [0.25, 0.3) is 22.5 Å². The third-order valence-electron chi connectivity index (χ3n) is 4.79. The van der Waals surface area contributed by atoms with Gasteiger partial charge in [-0.25, -0.2) is 15.4 Å². The van der Waals surface area contributed by atoms with Gasteiger partial charge < -0.3 is 0 Å². The minimum atomic E-state index is -4.54. The molecule has 0 aliphatic carbocycles. The van der Waals surface area contributed by atoms with Gasteiger partial charge in [0.05, 0.1) is 23.2 Å². The van der Waals surface area contributed by atoms with Crippen LogP contribution in [0.5, 0.6) is 0 Å². The standard InChI is InChI=1S/C24H14ClF3N6O/c25-20-11-17(24(26,27)28)10-19(31-20)15-8-6-14(7-9-15)13-30-34-23-32-21(16-4-2-1-3-5-16)18(12-29)22(35)33-23/h1-11,13H,(H2,32,33,34,35). The number of pyridine rings is 1. The first-order chi connectivity index (χ1) is 16.7. The summed E-state index contributed by atoms with van der Waals surface area (Å²) >= 11 is 5.75. The van der Waals surface area contributed by atoms with E-state index in [2.05, 4.69) is 25.5 Å². The summed E-state index contributed by atoms with van der Waals surface area (Å²) in [6.07, 6.45) is -3.11. The Labute approximate surface area is 201 Å². The second-order valence-electron chi connectivity index (χ2n) is 7.17. The summed E-state index contributed by atoms with van der Waals surface area (Å²) in [6, 6.07) is 18.7. The first-order valence-corrected chi connectivity index (χ1v) is 10.4. The van der Waals surface area contributed by atoms with Crippen molar-refractivity contribution >= 4 is 23.8 Å². The van der Waals surface area contributed by atoms with E-state index in [0.717, 1.165) is 12.1 Å². The number of benzene rings is 2. The third-order valence-corrected chi connectivity index (χ3v) is 4.98. The molecule has 0 saturated heterocycles. The normalized spacial score (nSPS) is 11.4. The molecule has 2 aromatic heterocycles. The monoisotopic (exact) mass is 494 g/mol. The highest BCUT2D eigenvalue weighted by molar-refractivity contribution is 6.29. The van der Waals surface area contributed by atoms with E-state index >= 15 is 0 Å². The number of rotatable bonds is 5. The van der Waals surface area contributed by atoms with Gasteiger partial charge in [-0.3, -0.25) is 9.78 Å². The summed E-state index contributed by atoms with van der Waals surface area (Å²) in [5.74, 6) is 0.0310. The summed E-state index contributed by atoms with van der Waals surface area (Å²) in [5.41, 5.74) is 2.93. The quantitative estimate of drug-likeness (QED) is 0.217. The van der Waals surface area contributed by atoms with Crippen LogP contribution in [0.15, 0.2) is 76.6 Å². The lowest BCUT2D eigenvalue weighted by atomic mass is 10.1. The van der Waals surface area contributed by atoms with Crippen molar-refractivity contribution < 1.29 is 13.2 Å². The zero-order valence-corrected chi connectivity index (χ0v) is 18.4. The number of nitrogens with one attached hydrogen (secondary N) is 2. The van der Waals surface area contributed by atoms with Gasteiger partial charge in [0.15, 0.2) is 0 Å². The van der Waals surface area contributed by atoms with Crippen molar-refractivity contribution in [2.75, 3.05) is 5.43 Å². The molecular weight excluding hydrogens is 481 g/mol. The molecular formula is C24H14ClF3N6O. The Bertz CT molecular complexity index is 1490. The van der Waals surface area contributed by atoms with Crippen molar-refractivity contribution in [2.24, 2.45) is 5.10 Å². The number of anilines is 1. The average Bonchev–Trinajstić information content (AvgIpc) is 2.84. The van der Waals surface area contributed by atoms with Crippen LogP contribution in [0, 0.1) is 11.3 Å². The number of nitrogens with zero attached hydrogens (tertiary/aromatic N) is 4. The molecule has 0 aliphatic heterocycles. The van der Waals surface area contributed by atoms with Crippen molar-refractivity contribution in [2.45, 2.75) is 6.18 Å². The molecule has 174 valence electrons. The molecule has 2 heterocycles. The first kappa shape index (κ1) is 23.7. The highest BCUT2D eigenvalue weighted by Gasteiger charge is 2.31. The van der Waals surface area contributed by atoms with Crippen molar-refractivity contribution in [3.8, 4) is 28.6 Å². The van der Waals surface area contributed by atoms with Gasteiger partial charge in [0.2, 0.25) is 5.95 Å². The Morgan fingerprint density at radius 1 is 1.03 bits per heavy atom. The zero-order valence-electron chi connectivity index (χ0n) is 17.6. The predicted octanol–water partition coefficient (Wildman–Crippen LogP) is 5.49. The van der Waals surface area contributed by atoms with Crippen molar-refractivity contribution in [1.29, 1.82) is 5.26 Å². The Morgan fingerprint density at radius 3 is 2.40 bits per heavy atom. The fourth-order valence-corrected chi connectivity index (χ4v) is 3.36. The lowest BCUT2D eigenvalue weighted by Gasteiger charge is -2.09. The number of aromatic nitrogens is 3. The van der Waals surface area contributed by atoms with Crippen molar-refractivity contribution in [3.63, 3.8) is 0 Å². The van der Waals surface area contributed by atoms with E-state index in [-0.39, 0.29) is 28.1 Å². The van der Waals surface area contributed by atoms with Gasteiger partial charge in [-0.1, -0.05) is 66.2 Å². The Hall–Kier alpha value is -4.49. The molecule has 7 nitrogen and oxygen atoms in total. The van der Waals surface area contributed by atoms with E-state index in [0.29, 0.717) is 16.7 Å². The Morgan fingerprint density at radius 2 is 1.74 bits per heavy atom. The molecule has 0 aliphatic rings. The van der Waals surface area contributed by atoms with Crippen LogP contribution in [0.3, 0.4) is 0 Å². The van der Waals surface area contributed by atoms with E-state index < -0.39 is 17.3 Å². The molecule has 0 unspecified atom stereocenters. The van der Waals surface area contributed by atoms with Crippen LogP contribution >= 0.6 is 11.6 Å². The lowest BCUT2D eigenvalue weighted by molar-refractivity contribution is -0.137. The number of nitriles is 1. The SMILES string of the molecule is N#Cc1c(-c2ccccc2)nc(NN=Cc2ccc(-c3cc(C(F)(F)F)cc(Cl)n3)cc2)[nH]c1=O. The maximum Gasteiger partial charge on any atom is 0.416 e. The molecule has 0 atom stereocenters. The number of H-pyrrole nitrogens is 1. The maximum absolute atomic E-state index is 13.0. The van der Waals surface area contributed by atoms with E-state index in [1.54, 1.807) is 54.6 Å². The average molecular weight is 495 g/mol. The number of halogens is 4. The van der Waals surface area contributed by atoms with Gasteiger partial charge >= 0.3 is 6.18 Å². The molecule has 11 heteroatoms. The fourth-order valence-electron chi connectivity index (χ4n) is 3.15. The minimum Gasteiger partial charge on any atom is -0.290 e. The summed E-state index contributed by atoms with van der Waals surface area (Å²) in [4.78, 5) is 23.0. The number of hydrogen-bond donors (Lipinski definition) is 2. The van der Waals surface area contributed by atoms with Crippen LogP contribution in [0.4, 0.5) is 19.1 Å². The number of aromatic amines is 1. The molecule has 4 aromatic rings. The van der Waals surface area contributed by atoms with Gasteiger partial charge in [0, 0.05) is 11.1 Å². The zero-order chi connectivity index (χ0) is 25.0. The third kappa shape index (κ3) is 5.54. The van der Waals surface area contributed by atoms with E-state index in [1.807, 2.05) is 6.07 Å². The highest BCUT2D eigenvalue weighted by atomic mass is 35.5. The molecule has 2 N–H and O–H groups in total. The van der Waals surface area contributed by atoms with Gasteiger partial charge in [-0.2, -0.15) is 23.5 Å². The Kier molecular flexibility index (Phi) is 6.62. The summed E-state index contributed by atoms with van der Waals surface area (Å²) in [5, 5.41) is 13.1. The summed E-state index contributed by atoms with van der Waals surface area (Å²) in [6.45, 7) is 0. The van der Waals surface area contributed by atoms with Crippen LogP contribution in [-0.2, 0) is 6.18 Å². The van der Waals surface area contributed by atoms with E-state index in [1.165, 1.54) is 6.21 Å². The second kappa shape index (κ2) is 9.79. The number of hydrogen-bond acceptors (Lipinski definition) is 6. The van der Waals surface area contributed by atoms with Crippen LogP contribution in [0.1, 0.15) is 16.7 Å². The summed E-state index contributed by atoms with van der Waals surface area (Å²) < 4.78 is 39.1. The minimum absolute atomic E-state index is 0.0310. The lowest BCUT2D eigenvalue weighted by Crippen LogP contribution is -2.16. The fraction of sp³-hybridized carbons (Fsp3) is 0.0417. The molecule has 0 radical (unpaired) electrons. The smallest absolute Gasteiger partial charge is 0.290 e. The molecule has 35 heavy (non-hydrogen) atoms. The maximum atomic E-state index is 13.0. The molecule has 0 saturated carbocycles. The molecule has 0 spiro atoms. The summed E-state index contributed by atoms with van der Waals surface area (Å²) in [7, 11) is 0. The van der Waals surface area contributed by atoms with Crippen LogP contribution < -0.4 is 11.0 Å². The van der Waals surface area contributed by atoms with Gasteiger partial charge in [-0.15, -0.1) is 0 Å². The highest BCUT2D eigenvalue weighted by Crippen LogP contribution is 2.33. The van der Waals surface area contributed by atoms with Gasteiger partial charge in [-0.05, 0) is 17.7 Å². The van der Waals surface area contributed by atoms with Crippen molar-refractivity contribution in [1.82, 2.24) is 15.0 Å². The van der Waals surface area contributed by atoms with Crippen LogP contribution in [0.2, 0.25) is 5.15 Å². The van der Waals surface area contributed by atoms with Gasteiger partial charge in [0.25, 0.3) is 5.56 Å². The molecule has 0 amide bonds. The van der Waals surface area contributed by atoms with Crippen molar-refractivity contribution in [3.05, 3.63) is 98.9 Å². The molecule has 0 bridgehead atoms. The van der Waals surface area contributed by atoms with Gasteiger partial charge in [0.1, 0.15) is 16.8 Å². The van der Waals surface area contributed by atoms with Crippen LogP contribution in [-0.4, -0.2) is 21.2 Å². The molecule has 0 fully saturated rings. The molecule has 4 rings (SSSR count). The number of hydrazone groups is 1.